The number of ether oxygens (including phenoxy) is 2. The Bertz CT molecular complexity index is 499. The lowest BCUT2D eigenvalue weighted by atomic mass is 10.2. The Morgan fingerprint density at radius 1 is 1.33 bits per heavy atom. The normalized spacial score (nSPS) is 13.3. The number of hydrogen-bond donors (Lipinski definition) is 1. The van der Waals surface area contributed by atoms with Gasteiger partial charge in [0.15, 0.2) is 0 Å². The lowest BCUT2D eigenvalue weighted by Gasteiger charge is -2.12. The zero-order valence-corrected chi connectivity index (χ0v) is 11.9. The first-order valence-corrected chi connectivity index (χ1v) is 7.06. The predicted octanol–water partition coefficient (Wildman–Crippen LogP) is 1.32. The van der Waals surface area contributed by atoms with Crippen LogP contribution >= 0.6 is 0 Å². The molecule has 1 N–H and O–H groups in total. The predicted molar refractivity (Wildman–Crippen MR) is 69.4 cm³/mol. The summed E-state index contributed by atoms with van der Waals surface area (Å²) in [7, 11) is -0.410. The van der Waals surface area contributed by atoms with Gasteiger partial charge >= 0.3 is 0 Å². The minimum atomic E-state index is -3.50. The van der Waals surface area contributed by atoms with Crippen molar-refractivity contribution < 1.29 is 17.9 Å². The highest BCUT2D eigenvalue weighted by Crippen LogP contribution is 2.21. The van der Waals surface area contributed by atoms with Gasteiger partial charge in [0.2, 0.25) is 10.0 Å². The second kappa shape index (κ2) is 6.17. The van der Waals surface area contributed by atoms with Crippen molar-refractivity contribution in [2.45, 2.75) is 24.8 Å². The smallest absolute Gasteiger partial charge is 0.240 e. The molecule has 6 heteroatoms. The highest BCUT2D eigenvalue weighted by Gasteiger charge is 2.16. The van der Waals surface area contributed by atoms with Crippen LogP contribution < -0.4 is 9.46 Å². The largest absolute Gasteiger partial charge is 0.496 e. The molecule has 18 heavy (non-hydrogen) atoms. The summed E-state index contributed by atoms with van der Waals surface area (Å²) in [4.78, 5) is 0.226. The molecule has 0 radical (unpaired) electrons. The fourth-order valence-electron chi connectivity index (χ4n) is 1.41. The summed E-state index contributed by atoms with van der Waals surface area (Å²) in [5.74, 6) is 0.666. The number of sulfonamides is 1. The van der Waals surface area contributed by atoms with Crippen LogP contribution in [-0.2, 0) is 14.8 Å². The molecule has 0 aliphatic rings. The van der Waals surface area contributed by atoms with E-state index in [4.69, 9.17) is 9.47 Å². The van der Waals surface area contributed by atoms with E-state index in [9.17, 15) is 8.42 Å². The highest BCUT2D eigenvalue weighted by atomic mass is 32.2. The van der Waals surface area contributed by atoms with Crippen LogP contribution in [0.2, 0.25) is 0 Å². The molecule has 0 fully saturated rings. The standard InChI is InChI=1S/C12H19NO4S/c1-9-7-11(5-6-12(9)17-4)18(14,15)13-8-10(2)16-3/h5-7,10,13H,8H2,1-4H3. The number of methoxy groups -OCH3 is 2. The highest BCUT2D eigenvalue weighted by molar-refractivity contribution is 7.89. The number of rotatable bonds is 6. The number of hydrogen-bond acceptors (Lipinski definition) is 4. The first kappa shape index (κ1) is 14.9. The fraction of sp³-hybridized carbons (Fsp3) is 0.500. The topological polar surface area (TPSA) is 64.6 Å². The van der Waals surface area contributed by atoms with E-state index in [0.717, 1.165) is 5.56 Å². The third-order valence-electron chi connectivity index (χ3n) is 2.64. The van der Waals surface area contributed by atoms with Crippen LogP contribution in [0.3, 0.4) is 0 Å². The van der Waals surface area contributed by atoms with Gasteiger partial charge in [-0.15, -0.1) is 0 Å². The van der Waals surface area contributed by atoms with Crippen molar-refractivity contribution in [3.63, 3.8) is 0 Å². The zero-order chi connectivity index (χ0) is 13.8. The van der Waals surface area contributed by atoms with Crippen LogP contribution in [0.1, 0.15) is 12.5 Å². The second-order valence-corrected chi connectivity index (χ2v) is 5.80. The Kier molecular flexibility index (Phi) is 5.13. The minimum absolute atomic E-state index is 0.167. The van der Waals surface area contributed by atoms with E-state index in [2.05, 4.69) is 4.72 Å². The summed E-state index contributed by atoms with van der Waals surface area (Å²) >= 11 is 0. The quantitative estimate of drug-likeness (QED) is 0.849. The molecule has 1 unspecified atom stereocenters. The van der Waals surface area contributed by atoms with Crippen molar-refractivity contribution >= 4 is 10.0 Å². The number of nitrogens with one attached hydrogen (secondary N) is 1. The van der Waals surface area contributed by atoms with Gasteiger partial charge in [0.1, 0.15) is 5.75 Å². The summed E-state index contributed by atoms with van der Waals surface area (Å²) in [5, 5.41) is 0. The molecule has 1 aromatic rings. The first-order chi connectivity index (χ1) is 8.40. The van der Waals surface area contributed by atoms with Gasteiger partial charge in [0, 0.05) is 13.7 Å². The molecule has 1 rings (SSSR count). The van der Waals surface area contributed by atoms with E-state index < -0.39 is 10.0 Å². The Morgan fingerprint density at radius 2 is 2.00 bits per heavy atom. The molecule has 1 aromatic carbocycles. The van der Waals surface area contributed by atoms with E-state index in [-0.39, 0.29) is 17.5 Å². The Balaban J connectivity index is 2.88. The van der Waals surface area contributed by atoms with Crippen molar-refractivity contribution in [2.75, 3.05) is 20.8 Å². The van der Waals surface area contributed by atoms with Gasteiger partial charge in [-0.1, -0.05) is 0 Å². The average Bonchev–Trinajstić information content (AvgIpc) is 2.35. The van der Waals surface area contributed by atoms with Gasteiger partial charge in [-0.25, -0.2) is 13.1 Å². The zero-order valence-electron chi connectivity index (χ0n) is 11.1. The van der Waals surface area contributed by atoms with E-state index in [1.807, 2.05) is 0 Å². The molecule has 102 valence electrons. The van der Waals surface area contributed by atoms with Crippen LogP contribution in [0.25, 0.3) is 0 Å². The summed E-state index contributed by atoms with van der Waals surface area (Å²) in [5.41, 5.74) is 0.778. The third-order valence-corrected chi connectivity index (χ3v) is 4.06. The Labute approximate surface area is 108 Å². The maximum absolute atomic E-state index is 12.0. The molecule has 0 bridgehead atoms. The molecular formula is C12H19NO4S. The van der Waals surface area contributed by atoms with Crippen molar-refractivity contribution in [3.05, 3.63) is 23.8 Å². The van der Waals surface area contributed by atoms with Crippen molar-refractivity contribution in [1.29, 1.82) is 0 Å². The van der Waals surface area contributed by atoms with Crippen LogP contribution in [0.15, 0.2) is 23.1 Å². The Hall–Kier alpha value is -1.11. The van der Waals surface area contributed by atoms with Gasteiger partial charge in [0.05, 0.1) is 18.1 Å². The molecular weight excluding hydrogens is 254 g/mol. The van der Waals surface area contributed by atoms with E-state index >= 15 is 0 Å². The average molecular weight is 273 g/mol. The van der Waals surface area contributed by atoms with Gasteiger partial charge < -0.3 is 9.47 Å². The maximum Gasteiger partial charge on any atom is 0.240 e. The molecule has 5 nitrogen and oxygen atoms in total. The minimum Gasteiger partial charge on any atom is -0.496 e. The lowest BCUT2D eigenvalue weighted by Crippen LogP contribution is -2.31. The monoisotopic (exact) mass is 273 g/mol. The van der Waals surface area contributed by atoms with Crippen molar-refractivity contribution in [3.8, 4) is 5.75 Å². The summed E-state index contributed by atoms with van der Waals surface area (Å²) in [6.45, 7) is 3.83. The summed E-state index contributed by atoms with van der Waals surface area (Å²) in [6.07, 6.45) is -0.167. The van der Waals surface area contributed by atoms with Crippen LogP contribution in [0.5, 0.6) is 5.75 Å². The van der Waals surface area contributed by atoms with Gasteiger partial charge in [-0.2, -0.15) is 0 Å². The molecule has 0 amide bonds. The van der Waals surface area contributed by atoms with Gasteiger partial charge in [-0.3, -0.25) is 0 Å². The second-order valence-electron chi connectivity index (χ2n) is 4.03. The third kappa shape index (κ3) is 3.69. The fourth-order valence-corrected chi connectivity index (χ4v) is 2.61. The molecule has 0 aliphatic heterocycles. The maximum atomic E-state index is 12.0. The van der Waals surface area contributed by atoms with E-state index in [1.54, 1.807) is 33.1 Å². The lowest BCUT2D eigenvalue weighted by molar-refractivity contribution is 0.122. The molecule has 0 aliphatic carbocycles. The molecule has 0 aromatic heterocycles. The van der Waals surface area contributed by atoms with Crippen LogP contribution in [-0.4, -0.2) is 35.3 Å². The first-order valence-electron chi connectivity index (χ1n) is 5.58. The molecule has 0 saturated carbocycles. The summed E-state index contributed by atoms with van der Waals surface area (Å²) in [6, 6.07) is 4.74. The molecule has 0 heterocycles. The van der Waals surface area contributed by atoms with Crippen LogP contribution in [0.4, 0.5) is 0 Å². The van der Waals surface area contributed by atoms with Gasteiger partial charge in [0.25, 0.3) is 0 Å². The summed E-state index contributed by atoms with van der Waals surface area (Å²) < 4.78 is 36.6. The molecule has 1 atom stereocenters. The van der Waals surface area contributed by atoms with E-state index in [0.29, 0.717) is 5.75 Å². The SMILES string of the molecule is COc1ccc(S(=O)(=O)NCC(C)OC)cc1C. The van der Waals surface area contributed by atoms with Gasteiger partial charge in [-0.05, 0) is 37.6 Å². The van der Waals surface area contributed by atoms with E-state index in [1.165, 1.54) is 13.2 Å². The molecule has 0 spiro atoms. The van der Waals surface area contributed by atoms with Crippen molar-refractivity contribution in [2.24, 2.45) is 0 Å². The molecule has 0 saturated heterocycles. The number of aryl methyl sites for hydroxylation is 1. The van der Waals surface area contributed by atoms with Crippen LogP contribution in [0, 0.1) is 6.92 Å². The number of benzene rings is 1. The Morgan fingerprint density at radius 3 is 2.50 bits per heavy atom. The van der Waals surface area contributed by atoms with Crippen molar-refractivity contribution in [1.82, 2.24) is 4.72 Å².